The molecule has 1 aromatic heterocycles. The van der Waals surface area contributed by atoms with Gasteiger partial charge in [-0.05, 0) is 43.2 Å². The maximum absolute atomic E-state index is 14.4. The molecular weight excluding hydrogens is 343 g/mol. The van der Waals surface area contributed by atoms with E-state index < -0.39 is 5.82 Å². The Bertz CT molecular complexity index is 1110. The smallest absolute Gasteiger partial charge is 0.266 e. The van der Waals surface area contributed by atoms with Crippen LogP contribution >= 0.6 is 0 Å². The minimum absolute atomic E-state index is 0.191. The Labute approximate surface area is 157 Å². The van der Waals surface area contributed by atoms with Gasteiger partial charge in [-0.25, -0.2) is 9.37 Å². The van der Waals surface area contributed by atoms with Gasteiger partial charge in [-0.2, -0.15) is 0 Å². The normalized spacial score (nSPS) is 11.4. The SMILES string of the molecule is CCc1ccccc1-n1c(CC)nc2cc(F)c(/C=C/C(C)=O)cc2c1=O. The molecule has 5 heteroatoms. The second kappa shape index (κ2) is 7.66. The summed E-state index contributed by atoms with van der Waals surface area (Å²) in [7, 11) is 0. The van der Waals surface area contributed by atoms with E-state index in [2.05, 4.69) is 4.98 Å². The van der Waals surface area contributed by atoms with Gasteiger partial charge >= 0.3 is 0 Å². The zero-order chi connectivity index (χ0) is 19.6. The number of nitrogens with zero attached hydrogens (tertiary/aromatic N) is 2. The summed E-state index contributed by atoms with van der Waals surface area (Å²) in [6.45, 7) is 5.34. The van der Waals surface area contributed by atoms with E-state index >= 15 is 0 Å². The average Bonchev–Trinajstić information content (AvgIpc) is 2.66. The van der Waals surface area contributed by atoms with Crippen molar-refractivity contribution in [1.82, 2.24) is 9.55 Å². The summed E-state index contributed by atoms with van der Waals surface area (Å²) < 4.78 is 16.0. The molecule has 4 nitrogen and oxygen atoms in total. The van der Waals surface area contributed by atoms with Gasteiger partial charge in [-0.3, -0.25) is 14.2 Å². The van der Waals surface area contributed by atoms with E-state index in [4.69, 9.17) is 0 Å². The molecule has 138 valence electrons. The Balaban J connectivity index is 2.34. The molecular formula is C22H21FN2O2. The number of ketones is 1. The number of aromatic nitrogens is 2. The van der Waals surface area contributed by atoms with Crippen LogP contribution in [0.2, 0.25) is 0 Å². The second-order valence-electron chi connectivity index (χ2n) is 6.34. The maximum atomic E-state index is 14.4. The molecule has 0 saturated heterocycles. The molecule has 0 spiro atoms. The van der Waals surface area contributed by atoms with Gasteiger partial charge in [0.1, 0.15) is 11.6 Å². The van der Waals surface area contributed by atoms with Gasteiger partial charge in [-0.15, -0.1) is 0 Å². The van der Waals surface area contributed by atoms with Crippen molar-refractivity contribution in [1.29, 1.82) is 0 Å². The lowest BCUT2D eigenvalue weighted by atomic mass is 10.1. The van der Waals surface area contributed by atoms with E-state index in [9.17, 15) is 14.0 Å². The molecule has 0 aliphatic heterocycles. The van der Waals surface area contributed by atoms with Crippen LogP contribution in [0.15, 0.2) is 47.3 Å². The number of benzene rings is 2. The third-order valence-corrected chi connectivity index (χ3v) is 4.48. The Morgan fingerprint density at radius 1 is 1.19 bits per heavy atom. The lowest BCUT2D eigenvalue weighted by Gasteiger charge is -2.16. The summed E-state index contributed by atoms with van der Waals surface area (Å²) in [5.74, 6) is -0.122. The summed E-state index contributed by atoms with van der Waals surface area (Å²) in [5, 5.41) is 0.322. The first-order chi connectivity index (χ1) is 13.0. The van der Waals surface area contributed by atoms with Crippen LogP contribution in [0.1, 0.15) is 37.7 Å². The van der Waals surface area contributed by atoms with Crippen molar-refractivity contribution in [3.63, 3.8) is 0 Å². The predicted octanol–water partition coefficient (Wildman–Crippen LogP) is 4.25. The van der Waals surface area contributed by atoms with E-state index in [0.29, 0.717) is 23.1 Å². The number of fused-ring (bicyclic) bond motifs is 1. The summed E-state index contributed by atoms with van der Waals surface area (Å²) in [6, 6.07) is 10.4. The highest BCUT2D eigenvalue weighted by molar-refractivity contribution is 5.92. The van der Waals surface area contributed by atoms with E-state index in [0.717, 1.165) is 17.7 Å². The Morgan fingerprint density at radius 3 is 2.59 bits per heavy atom. The first-order valence-corrected chi connectivity index (χ1v) is 8.98. The molecule has 0 unspecified atom stereocenters. The zero-order valence-electron chi connectivity index (χ0n) is 15.6. The van der Waals surface area contributed by atoms with Crippen LogP contribution in [0, 0.1) is 5.82 Å². The minimum Gasteiger partial charge on any atom is -0.295 e. The number of hydrogen-bond donors (Lipinski definition) is 0. The molecule has 0 N–H and O–H groups in total. The topological polar surface area (TPSA) is 52.0 Å². The molecule has 0 aliphatic rings. The maximum Gasteiger partial charge on any atom is 0.266 e. The van der Waals surface area contributed by atoms with Crippen LogP contribution in [0.5, 0.6) is 0 Å². The number of carbonyl (C=O) groups excluding carboxylic acids is 1. The van der Waals surface area contributed by atoms with Crippen LogP contribution in [0.3, 0.4) is 0 Å². The zero-order valence-corrected chi connectivity index (χ0v) is 15.6. The van der Waals surface area contributed by atoms with Gasteiger partial charge in [0.25, 0.3) is 5.56 Å². The first-order valence-electron chi connectivity index (χ1n) is 8.98. The van der Waals surface area contributed by atoms with Crippen molar-refractivity contribution in [2.75, 3.05) is 0 Å². The number of rotatable bonds is 5. The van der Waals surface area contributed by atoms with Gasteiger partial charge in [0.2, 0.25) is 0 Å². The fraction of sp³-hybridized carbons (Fsp3) is 0.227. The number of para-hydroxylation sites is 1. The third kappa shape index (κ3) is 3.58. The van der Waals surface area contributed by atoms with Crippen LogP contribution in [0.25, 0.3) is 22.7 Å². The number of hydrogen-bond acceptors (Lipinski definition) is 3. The molecule has 3 aromatic rings. The van der Waals surface area contributed by atoms with Gasteiger partial charge in [0.15, 0.2) is 5.78 Å². The highest BCUT2D eigenvalue weighted by atomic mass is 19.1. The molecule has 0 amide bonds. The predicted molar refractivity (Wildman–Crippen MR) is 106 cm³/mol. The van der Waals surface area contributed by atoms with Crippen LogP contribution in [0.4, 0.5) is 4.39 Å². The first kappa shape index (κ1) is 18.7. The van der Waals surface area contributed by atoms with Crippen molar-refractivity contribution in [2.24, 2.45) is 0 Å². The minimum atomic E-state index is -0.513. The highest BCUT2D eigenvalue weighted by Crippen LogP contribution is 2.21. The number of carbonyl (C=O) groups is 1. The van der Waals surface area contributed by atoms with Crippen molar-refractivity contribution in [3.8, 4) is 5.69 Å². The Morgan fingerprint density at radius 2 is 1.93 bits per heavy atom. The van der Waals surface area contributed by atoms with E-state index in [1.54, 1.807) is 4.57 Å². The molecule has 3 rings (SSSR count). The molecule has 2 aromatic carbocycles. The summed E-state index contributed by atoms with van der Waals surface area (Å²) in [5.41, 5.74) is 2.10. The van der Waals surface area contributed by atoms with E-state index in [-0.39, 0.29) is 16.9 Å². The average molecular weight is 364 g/mol. The Kier molecular flexibility index (Phi) is 5.31. The second-order valence-corrected chi connectivity index (χ2v) is 6.34. The standard InChI is InChI=1S/C22H21FN2O2/c1-4-15-8-6-7-9-20(15)25-21(5-2)24-19-13-18(23)16(11-10-14(3)26)12-17(19)22(25)27/h6-13H,4-5H2,1-3H3/b11-10+. The fourth-order valence-corrected chi connectivity index (χ4v) is 3.12. The Hall–Kier alpha value is -3.08. The van der Waals surface area contributed by atoms with E-state index in [1.807, 2.05) is 38.1 Å². The van der Waals surface area contributed by atoms with E-state index in [1.165, 1.54) is 31.2 Å². The van der Waals surface area contributed by atoms with Crippen LogP contribution in [-0.2, 0) is 17.6 Å². The molecule has 0 radical (unpaired) electrons. The molecule has 0 atom stereocenters. The number of allylic oxidation sites excluding steroid dienone is 1. The van der Waals surface area contributed by atoms with Gasteiger partial charge in [0.05, 0.1) is 16.6 Å². The molecule has 0 bridgehead atoms. The van der Waals surface area contributed by atoms with Gasteiger partial charge in [-0.1, -0.05) is 32.0 Å². The third-order valence-electron chi connectivity index (χ3n) is 4.48. The quantitative estimate of drug-likeness (QED) is 0.636. The monoisotopic (exact) mass is 364 g/mol. The van der Waals surface area contributed by atoms with Crippen molar-refractivity contribution in [2.45, 2.75) is 33.6 Å². The molecule has 0 fully saturated rings. The fourth-order valence-electron chi connectivity index (χ4n) is 3.12. The lowest BCUT2D eigenvalue weighted by Crippen LogP contribution is -2.24. The van der Waals surface area contributed by atoms with Gasteiger partial charge in [0, 0.05) is 18.1 Å². The van der Waals surface area contributed by atoms with Crippen LogP contribution in [-0.4, -0.2) is 15.3 Å². The molecule has 0 saturated carbocycles. The summed E-state index contributed by atoms with van der Waals surface area (Å²) in [4.78, 5) is 29.0. The summed E-state index contributed by atoms with van der Waals surface area (Å²) in [6.07, 6.45) is 3.98. The highest BCUT2D eigenvalue weighted by Gasteiger charge is 2.15. The molecule has 0 aliphatic carbocycles. The van der Waals surface area contributed by atoms with Crippen molar-refractivity contribution in [3.05, 3.63) is 75.6 Å². The number of aryl methyl sites for hydroxylation is 2. The lowest BCUT2D eigenvalue weighted by molar-refractivity contribution is -0.112. The largest absolute Gasteiger partial charge is 0.295 e. The van der Waals surface area contributed by atoms with Crippen molar-refractivity contribution < 1.29 is 9.18 Å². The number of halogens is 1. The van der Waals surface area contributed by atoms with Gasteiger partial charge < -0.3 is 0 Å². The molecule has 1 heterocycles. The molecule has 27 heavy (non-hydrogen) atoms. The summed E-state index contributed by atoms with van der Waals surface area (Å²) >= 11 is 0. The van der Waals surface area contributed by atoms with Crippen LogP contribution < -0.4 is 5.56 Å². The van der Waals surface area contributed by atoms with Crippen molar-refractivity contribution >= 4 is 22.8 Å².